The summed E-state index contributed by atoms with van der Waals surface area (Å²) in [6, 6.07) is 14.6. The molecule has 2 aromatic carbocycles. The van der Waals surface area contributed by atoms with Gasteiger partial charge in [-0.2, -0.15) is 5.26 Å². The molecule has 0 aliphatic carbocycles. The van der Waals surface area contributed by atoms with Crippen molar-refractivity contribution in [3.05, 3.63) is 65.7 Å². The predicted octanol–water partition coefficient (Wildman–Crippen LogP) is 3.38. The van der Waals surface area contributed by atoms with Crippen LogP contribution in [0.5, 0.6) is 5.75 Å². The van der Waals surface area contributed by atoms with Gasteiger partial charge in [-0.25, -0.2) is 9.97 Å². The summed E-state index contributed by atoms with van der Waals surface area (Å²) in [7, 11) is 0. The lowest BCUT2D eigenvalue weighted by atomic mass is 10.1. The Kier molecular flexibility index (Phi) is 7.22. The lowest BCUT2D eigenvalue weighted by molar-refractivity contribution is -0.131. The standard InChI is InChI=1S/C27H26N8O4/c1-16-14-18(39-17-9-12-35(13-10-17)22(36)8-11-28)6-7-19(16)31-25(37)23-24(30-15-29-23)26(38)34-27-32-20-4-2-3-5-21(20)33-27/h2-7,14-15,17H,8-10,12-13H2,1H3,(H,29,30)(H,31,37)(H2,32,33,34,38). The molecular weight excluding hydrogens is 500 g/mol. The zero-order valence-electron chi connectivity index (χ0n) is 21.2. The van der Waals surface area contributed by atoms with Gasteiger partial charge in [-0.3, -0.25) is 19.7 Å². The largest absolute Gasteiger partial charge is 0.490 e. The minimum absolute atomic E-state index is 0.0149. The Balaban J connectivity index is 1.19. The lowest BCUT2D eigenvalue weighted by Gasteiger charge is -2.32. The van der Waals surface area contributed by atoms with Crippen molar-refractivity contribution in [3.63, 3.8) is 0 Å². The molecule has 2 aromatic heterocycles. The van der Waals surface area contributed by atoms with E-state index in [1.807, 2.05) is 43.3 Å². The van der Waals surface area contributed by atoms with Crippen LogP contribution in [0.2, 0.25) is 0 Å². The summed E-state index contributed by atoms with van der Waals surface area (Å²) in [6.07, 6.45) is 2.48. The van der Waals surface area contributed by atoms with Crippen molar-refractivity contribution in [1.29, 1.82) is 5.26 Å². The zero-order valence-corrected chi connectivity index (χ0v) is 21.2. The van der Waals surface area contributed by atoms with Crippen LogP contribution in [0, 0.1) is 18.3 Å². The van der Waals surface area contributed by atoms with Gasteiger partial charge < -0.3 is 24.9 Å². The fourth-order valence-electron chi connectivity index (χ4n) is 4.45. The smallest absolute Gasteiger partial charge is 0.279 e. The fraction of sp³-hybridized carbons (Fsp3) is 0.259. The molecule has 198 valence electrons. The molecule has 0 saturated carbocycles. The van der Waals surface area contributed by atoms with Gasteiger partial charge in [0.2, 0.25) is 11.9 Å². The summed E-state index contributed by atoms with van der Waals surface area (Å²) >= 11 is 0. The van der Waals surface area contributed by atoms with Crippen LogP contribution in [0.1, 0.15) is 45.8 Å². The molecular formula is C27H26N8O4. The lowest BCUT2D eigenvalue weighted by Crippen LogP contribution is -2.41. The number of aryl methyl sites for hydroxylation is 1. The van der Waals surface area contributed by atoms with Gasteiger partial charge in [-0.05, 0) is 42.8 Å². The summed E-state index contributed by atoms with van der Waals surface area (Å²) in [5.74, 6) is -0.352. The molecule has 1 aliphatic heterocycles. The Morgan fingerprint density at radius 2 is 1.92 bits per heavy atom. The number of nitrogens with zero attached hydrogens (tertiary/aromatic N) is 4. The van der Waals surface area contributed by atoms with E-state index in [0.29, 0.717) is 42.9 Å². The highest BCUT2D eigenvalue weighted by molar-refractivity contribution is 6.13. The van der Waals surface area contributed by atoms with Crippen molar-refractivity contribution < 1.29 is 19.1 Å². The van der Waals surface area contributed by atoms with Crippen molar-refractivity contribution in [2.75, 3.05) is 23.7 Å². The zero-order chi connectivity index (χ0) is 27.4. The van der Waals surface area contributed by atoms with E-state index in [0.717, 1.165) is 11.1 Å². The van der Waals surface area contributed by atoms with Gasteiger partial charge in [0.15, 0.2) is 5.69 Å². The van der Waals surface area contributed by atoms with Crippen molar-refractivity contribution in [1.82, 2.24) is 24.8 Å². The number of amides is 3. The van der Waals surface area contributed by atoms with Crippen molar-refractivity contribution in [3.8, 4) is 11.8 Å². The number of H-pyrrole nitrogens is 2. The van der Waals surface area contributed by atoms with Crippen LogP contribution >= 0.6 is 0 Å². The minimum Gasteiger partial charge on any atom is -0.490 e. The Bertz CT molecular complexity index is 1540. The summed E-state index contributed by atoms with van der Waals surface area (Å²) in [5.41, 5.74) is 2.75. The van der Waals surface area contributed by atoms with Gasteiger partial charge in [-0.15, -0.1) is 0 Å². The molecule has 4 aromatic rings. The van der Waals surface area contributed by atoms with Gasteiger partial charge in [0.25, 0.3) is 11.8 Å². The van der Waals surface area contributed by atoms with Crippen molar-refractivity contribution in [2.45, 2.75) is 32.3 Å². The highest BCUT2D eigenvalue weighted by Gasteiger charge is 2.25. The quantitative estimate of drug-likeness (QED) is 0.286. The number of carbonyl (C=O) groups excluding carboxylic acids is 3. The number of rotatable bonds is 7. The molecule has 1 fully saturated rings. The van der Waals surface area contributed by atoms with Gasteiger partial charge in [0.1, 0.15) is 24.0 Å². The summed E-state index contributed by atoms with van der Waals surface area (Å²) in [6.45, 7) is 2.94. The van der Waals surface area contributed by atoms with Crippen LogP contribution in [0.3, 0.4) is 0 Å². The number of imidazole rings is 2. The molecule has 12 nitrogen and oxygen atoms in total. The topological polar surface area (TPSA) is 169 Å². The van der Waals surface area contributed by atoms with Crippen molar-refractivity contribution >= 4 is 40.4 Å². The molecule has 3 heterocycles. The van der Waals surface area contributed by atoms with Crippen molar-refractivity contribution in [2.24, 2.45) is 0 Å². The molecule has 39 heavy (non-hydrogen) atoms. The Morgan fingerprint density at radius 3 is 2.67 bits per heavy atom. The van der Waals surface area contributed by atoms with E-state index in [9.17, 15) is 14.4 Å². The third kappa shape index (κ3) is 5.72. The Labute approximate surface area is 223 Å². The number of para-hydroxylation sites is 2. The van der Waals surface area contributed by atoms with E-state index < -0.39 is 11.8 Å². The van der Waals surface area contributed by atoms with E-state index in [4.69, 9.17) is 10.00 Å². The average molecular weight is 527 g/mol. The first-order valence-corrected chi connectivity index (χ1v) is 12.4. The van der Waals surface area contributed by atoms with Crippen LogP contribution in [0.4, 0.5) is 11.6 Å². The molecule has 0 spiro atoms. The molecule has 3 amide bonds. The average Bonchev–Trinajstić information content (AvgIpc) is 3.58. The third-order valence-corrected chi connectivity index (χ3v) is 6.48. The molecule has 1 aliphatic rings. The fourth-order valence-corrected chi connectivity index (χ4v) is 4.45. The number of fused-ring (bicyclic) bond motifs is 1. The van der Waals surface area contributed by atoms with E-state index in [2.05, 4.69) is 30.6 Å². The number of aromatic nitrogens is 4. The number of nitriles is 1. The summed E-state index contributed by atoms with van der Waals surface area (Å²) in [4.78, 5) is 53.5. The number of likely N-dealkylation sites (tertiary alicyclic amines) is 1. The second-order valence-corrected chi connectivity index (χ2v) is 9.15. The molecule has 4 N–H and O–H groups in total. The summed E-state index contributed by atoms with van der Waals surface area (Å²) < 4.78 is 6.09. The second-order valence-electron chi connectivity index (χ2n) is 9.15. The second kappa shape index (κ2) is 11.1. The maximum atomic E-state index is 13.0. The molecule has 0 radical (unpaired) electrons. The van der Waals surface area contributed by atoms with Gasteiger partial charge >= 0.3 is 0 Å². The maximum absolute atomic E-state index is 13.0. The van der Waals surface area contributed by atoms with Crippen LogP contribution in [0.15, 0.2) is 48.8 Å². The van der Waals surface area contributed by atoms with Crippen LogP contribution < -0.4 is 15.4 Å². The van der Waals surface area contributed by atoms with E-state index in [1.165, 1.54) is 6.33 Å². The molecule has 0 unspecified atom stereocenters. The van der Waals surface area contributed by atoms with Gasteiger partial charge in [0, 0.05) is 31.6 Å². The first-order valence-electron chi connectivity index (χ1n) is 12.4. The number of hydrogen-bond acceptors (Lipinski definition) is 7. The molecule has 5 rings (SSSR count). The molecule has 0 atom stereocenters. The monoisotopic (exact) mass is 526 g/mol. The van der Waals surface area contributed by atoms with Gasteiger partial charge in [0.05, 0.1) is 23.4 Å². The number of carbonyl (C=O) groups is 3. The Hall–Kier alpha value is -5.18. The van der Waals surface area contributed by atoms with Crippen LogP contribution in [-0.2, 0) is 4.79 Å². The van der Waals surface area contributed by atoms with E-state index >= 15 is 0 Å². The summed E-state index contributed by atoms with van der Waals surface area (Å²) in [5, 5.41) is 14.2. The highest BCUT2D eigenvalue weighted by atomic mass is 16.5. The number of benzene rings is 2. The number of aromatic amines is 2. The normalized spacial score (nSPS) is 13.6. The SMILES string of the molecule is Cc1cc(OC2CCN(C(=O)CC#N)CC2)ccc1NC(=O)c1[nH]cnc1C(=O)Nc1nc2ccccc2[nH]1. The molecule has 1 saturated heterocycles. The van der Waals surface area contributed by atoms with E-state index in [-0.39, 0.29) is 35.8 Å². The number of anilines is 2. The molecule has 12 heteroatoms. The van der Waals surface area contributed by atoms with Crippen LogP contribution in [-0.4, -0.2) is 61.8 Å². The van der Waals surface area contributed by atoms with Crippen LogP contribution in [0.25, 0.3) is 11.0 Å². The Morgan fingerprint density at radius 1 is 1.13 bits per heavy atom. The maximum Gasteiger partial charge on any atom is 0.279 e. The minimum atomic E-state index is -0.582. The first kappa shape index (κ1) is 25.5. The predicted molar refractivity (Wildman–Crippen MR) is 142 cm³/mol. The first-order chi connectivity index (χ1) is 18.9. The molecule has 0 bridgehead atoms. The van der Waals surface area contributed by atoms with Gasteiger partial charge in [-0.1, -0.05) is 12.1 Å². The number of hydrogen-bond donors (Lipinski definition) is 4. The van der Waals surface area contributed by atoms with E-state index in [1.54, 1.807) is 17.0 Å². The number of ether oxygens (including phenoxy) is 1. The highest BCUT2D eigenvalue weighted by Crippen LogP contribution is 2.25. The number of piperidine rings is 1. The number of nitrogens with one attached hydrogen (secondary N) is 4. The third-order valence-electron chi connectivity index (χ3n) is 6.48.